The Hall–Kier alpha value is -2.15. The number of likely N-dealkylation sites (N-methyl/N-ethyl adjacent to an activating group) is 1. The van der Waals surface area contributed by atoms with Crippen LogP contribution in [0.25, 0.3) is 10.9 Å². The van der Waals surface area contributed by atoms with Crippen LogP contribution >= 0.6 is 9.24 Å². The van der Waals surface area contributed by atoms with Crippen molar-refractivity contribution in [2.24, 2.45) is 0 Å². The number of carboxylic acids is 1. The smallest absolute Gasteiger partial charge is 0.341 e. The quantitative estimate of drug-likeness (QED) is 0.708. The maximum absolute atomic E-state index is 12.9. The molecule has 4 heterocycles. The van der Waals surface area contributed by atoms with Gasteiger partial charge in [-0.3, -0.25) is 9.69 Å². The molecular weight excluding hydrogens is 415 g/mol. The van der Waals surface area contributed by atoms with Crippen LogP contribution in [0.3, 0.4) is 0 Å². The molecule has 3 aliphatic heterocycles. The molecule has 3 aliphatic rings. The number of carbonyl (C=O) groups is 1. The fraction of sp³-hybridized carbons (Fsp3) is 0.545. The van der Waals surface area contributed by atoms with Gasteiger partial charge in [-0.1, -0.05) is 0 Å². The second kappa shape index (κ2) is 7.76. The summed E-state index contributed by atoms with van der Waals surface area (Å²) >= 11 is 0. The number of ether oxygens (including phenoxy) is 1. The third-order valence-corrected chi connectivity index (χ3v) is 7.42. The van der Waals surface area contributed by atoms with Gasteiger partial charge in [0, 0.05) is 51.5 Å². The van der Waals surface area contributed by atoms with Crippen LogP contribution in [-0.2, 0) is 0 Å². The Morgan fingerprint density at radius 2 is 1.97 bits per heavy atom. The van der Waals surface area contributed by atoms with E-state index in [0.29, 0.717) is 29.3 Å². The third kappa shape index (κ3) is 3.41. The molecule has 0 aliphatic carbocycles. The average Bonchev–Trinajstić information content (AvgIpc) is 3.21. The number of rotatable bonds is 3. The van der Waals surface area contributed by atoms with Gasteiger partial charge in [-0.25, -0.2) is 4.79 Å². The highest BCUT2D eigenvalue weighted by atomic mass is 31.0. The molecule has 166 valence electrons. The van der Waals surface area contributed by atoms with Gasteiger partial charge in [-0.15, -0.1) is 9.24 Å². The Bertz CT molecular complexity index is 1110. The fourth-order valence-electron chi connectivity index (χ4n) is 5.17. The molecule has 2 unspecified atom stereocenters. The van der Waals surface area contributed by atoms with Crippen LogP contribution in [-0.4, -0.2) is 84.4 Å². The number of hydrogen-bond acceptors (Lipinski definition) is 6. The van der Waals surface area contributed by atoms with Crippen molar-refractivity contribution in [2.75, 3.05) is 57.8 Å². The summed E-state index contributed by atoms with van der Waals surface area (Å²) in [6, 6.07) is 2.28. The van der Waals surface area contributed by atoms with Crippen LogP contribution in [0.4, 0.5) is 5.69 Å². The Kier molecular flexibility index (Phi) is 5.19. The van der Waals surface area contributed by atoms with Crippen LogP contribution in [0, 0.1) is 0 Å². The highest BCUT2D eigenvalue weighted by Crippen LogP contribution is 2.41. The molecule has 31 heavy (non-hydrogen) atoms. The van der Waals surface area contributed by atoms with E-state index in [1.54, 1.807) is 0 Å². The largest absolute Gasteiger partial charge is 0.487 e. The van der Waals surface area contributed by atoms with Crippen LogP contribution in [0.15, 0.2) is 17.1 Å². The highest BCUT2D eigenvalue weighted by molar-refractivity contribution is 7.28. The molecule has 1 N–H and O–H groups in total. The van der Waals surface area contributed by atoms with Crippen LogP contribution < -0.4 is 20.4 Å². The van der Waals surface area contributed by atoms with Gasteiger partial charge >= 0.3 is 5.97 Å². The minimum absolute atomic E-state index is 0.0476. The molecule has 3 atom stereocenters. The van der Waals surface area contributed by atoms with Crippen molar-refractivity contribution in [2.45, 2.75) is 25.4 Å². The summed E-state index contributed by atoms with van der Waals surface area (Å²) in [6.45, 7) is 8.69. The van der Waals surface area contributed by atoms with E-state index in [-0.39, 0.29) is 11.6 Å². The van der Waals surface area contributed by atoms with Crippen LogP contribution in [0.2, 0.25) is 0 Å². The molecule has 0 bridgehead atoms. The highest BCUT2D eigenvalue weighted by Gasteiger charge is 2.34. The zero-order valence-electron chi connectivity index (χ0n) is 18.0. The first-order valence-corrected chi connectivity index (χ1v) is 11.5. The number of carboxylic acid groups (broad SMARTS) is 1. The first-order valence-electron chi connectivity index (χ1n) is 10.9. The Morgan fingerprint density at radius 3 is 2.68 bits per heavy atom. The van der Waals surface area contributed by atoms with Crippen LogP contribution in [0.5, 0.6) is 5.75 Å². The second-order valence-electron chi connectivity index (χ2n) is 9.01. The molecule has 0 amide bonds. The lowest BCUT2D eigenvalue weighted by Crippen LogP contribution is -2.49. The minimum Gasteiger partial charge on any atom is -0.487 e. The van der Waals surface area contributed by atoms with Crippen molar-refractivity contribution in [3.8, 4) is 5.75 Å². The molecule has 5 rings (SSSR count). The van der Waals surface area contributed by atoms with Gasteiger partial charge in [-0.2, -0.15) is 0 Å². The maximum atomic E-state index is 12.9. The van der Waals surface area contributed by atoms with Gasteiger partial charge in [0.25, 0.3) is 0 Å². The predicted molar refractivity (Wildman–Crippen MR) is 124 cm³/mol. The van der Waals surface area contributed by atoms with E-state index in [0.717, 1.165) is 56.7 Å². The summed E-state index contributed by atoms with van der Waals surface area (Å²) < 4.78 is 8.10. The predicted octanol–water partition coefficient (Wildman–Crippen LogP) is 0.980. The van der Waals surface area contributed by atoms with Gasteiger partial charge in [0.15, 0.2) is 5.75 Å². The van der Waals surface area contributed by atoms with Gasteiger partial charge in [0.2, 0.25) is 5.43 Å². The molecule has 1 aromatic heterocycles. The summed E-state index contributed by atoms with van der Waals surface area (Å²) in [6.07, 6.45) is 2.58. The summed E-state index contributed by atoms with van der Waals surface area (Å²) in [7, 11) is 4.91. The Labute approximate surface area is 183 Å². The number of nitrogens with zero attached hydrogens (tertiary/aromatic N) is 4. The van der Waals surface area contributed by atoms with Crippen molar-refractivity contribution in [3.05, 3.63) is 28.0 Å². The van der Waals surface area contributed by atoms with Crippen molar-refractivity contribution in [3.63, 3.8) is 0 Å². The SMILES string of the molecule is C[C@H]1COc2c(N3CCC(N4CCN(C)CC4)C3)c(P)cc3c(=O)c(C(=O)O)cn1c23. The summed E-state index contributed by atoms with van der Waals surface area (Å²) in [5.41, 5.74) is 1.07. The molecule has 2 saturated heterocycles. The Morgan fingerprint density at radius 1 is 1.23 bits per heavy atom. The summed E-state index contributed by atoms with van der Waals surface area (Å²) in [4.78, 5) is 31.9. The second-order valence-corrected chi connectivity index (χ2v) is 9.63. The van der Waals surface area contributed by atoms with E-state index in [2.05, 4.69) is 31.0 Å². The summed E-state index contributed by atoms with van der Waals surface area (Å²) in [5, 5.41) is 10.8. The zero-order valence-corrected chi connectivity index (χ0v) is 19.2. The molecule has 0 radical (unpaired) electrons. The lowest BCUT2D eigenvalue weighted by atomic mass is 10.1. The maximum Gasteiger partial charge on any atom is 0.341 e. The molecule has 2 aromatic rings. The monoisotopic (exact) mass is 444 g/mol. The van der Waals surface area contributed by atoms with E-state index in [4.69, 9.17) is 4.74 Å². The molecule has 0 spiro atoms. The zero-order chi connectivity index (χ0) is 21.9. The number of anilines is 1. The van der Waals surface area contributed by atoms with Gasteiger partial charge < -0.3 is 24.2 Å². The number of benzene rings is 1. The Balaban J connectivity index is 1.57. The molecule has 8 nitrogen and oxygen atoms in total. The number of piperazine rings is 1. The number of aromatic carboxylic acids is 1. The number of aromatic nitrogens is 1. The van der Waals surface area contributed by atoms with Crippen molar-refractivity contribution < 1.29 is 14.6 Å². The fourth-order valence-corrected chi connectivity index (χ4v) is 5.65. The first kappa shape index (κ1) is 20.7. The molecule has 2 fully saturated rings. The lowest BCUT2D eigenvalue weighted by molar-refractivity contribution is 0.0694. The molecule has 1 aromatic carbocycles. The number of pyridine rings is 1. The normalized spacial score (nSPS) is 24.5. The molecular formula is C22H29N4O4P. The number of hydrogen-bond donors (Lipinski definition) is 1. The molecule has 9 heteroatoms. The van der Waals surface area contributed by atoms with E-state index in [1.165, 1.54) is 6.20 Å². The third-order valence-electron chi connectivity index (χ3n) is 6.98. The van der Waals surface area contributed by atoms with Gasteiger partial charge in [-0.05, 0) is 31.8 Å². The lowest BCUT2D eigenvalue weighted by Gasteiger charge is -2.36. The standard InChI is InChI=1S/C22H29N4O4P/c1-13-12-30-21-18-15(20(27)16(22(28)29)11-26(13)18)9-17(31)19(21)25-4-3-14(10-25)24-7-5-23(2)6-8-24/h9,11,13-14H,3-8,10,12,31H2,1-2H3,(H,28,29)/t13-,14?/m0/s1. The van der Waals surface area contributed by atoms with Crippen molar-refractivity contribution in [1.82, 2.24) is 14.4 Å². The average molecular weight is 444 g/mol. The summed E-state index contributed by atoms with van der Waals surface area (Å²) in [5.74, 6) is -0.492. The van der Waals surface area contributed by atoms with E-state index >= 15 is 0 Å². The topological polar surface area (TPSA) is 78.2 Å². The van der Waals surface area contributed by atoms with Gasteiger partial charge in [0.05, 0.1) is 22.6 Å². The van der Waals surface area contributed by atoms with Crippen molar-refractivity contribution in [1.29, 1.82) is 0 Å². The minimum atomic E-state index is -1.19. The van der Waals surface area contributed by atoms with Gasteiger partial charge in [0.1, 0.15) is 12.2 Å². The van der Waals surface area contributed by atoms with E-state index in [1.807, 2.05) is 17.6 Å². The van der Waals surface area contributed by atoms with E-state index in [9.17, 15) is 14.7 Å². The van der Waals surface area contributed by atoms with Crippen molar-refractivity contribution >= 4 is 37.1 Å². The van der Waals surface area contributed by atoms with Crippen LogP contribution in [0.1, 0.15) is 29.7 Å². The first-order chi connectivity index (χ1) is 14.8. The van der Waals surface area contributed by atoms with E-state index < -0.39 is 11.4 Å². The molecule has 0 saturated carbocycles.